The zero-order valence-electron chi connectivity index (χ0n) is 18.5. The van der Waals surface area contributed by atoms with Crippen molar-refractivity contribution < 1.29 is 13.6 Å². The molecule has 0 aliphatic carbocycles. The van der Waals surface area contributed by atoms with E-state index in [4.69, 9.17) is 9.40 Å². The third-order valence-corrected chi connectivity index (χ3v) is 5.75. The van der Waals surface area contributed by atoms with Crippen LogP contribution in [0.3, 0.4) is 0 Å². The molecule has 0 atom stereocenters. The van der Waals surface area contributed by atoms with E-state index in [-0.39, 0.29) is 5.91 Å². The van der Waals surface area contributed by atoms with Crippen LogP contribution in [-0.2, 0) is 4.79 Å². The number of aromatic amines is 2. The van der Waals surface area contributed by atoms with Crippen LogP contribution in [0.1, 0.15) is 13.3 Å². The molecule has 0 bridgehead atoms. The first-order valence-electron chi connectivity index (χ1n) is 10.9. The smallest absolute Gasteiger partial charge is 0.224 e. The van der Waals surface area contributed by atoms with Gasteiger partial charge in [-0.1, -0.05) is 6.92 Å². The van der Waals surface area contributed by atoms with Gasteiger partial charge in [0.1, 0.15) is 17.0 Å². The number of fused-ring (bicyclic) bond motifs is 2. The van der Waals surface area contributed by atoms with Gasteiger partial charge in [-0.05, 0) is 24.3 Å². The maximum absolute atomic E-state index is 15.0. The van der Waals surface area contributed by atoms with Gasteiger partial charge in [-0.3, -0.25) is 14.9 Å². The number of nitrogens with one attached hydrogen (secondary N) is 3. The van der Waals surface area contributed by atoms with Crippen molar-refractivity contribution in [3.8, 4) is 33.8 Å². The number of anilines is 1. The molecule has 0 aliphatic heterocycles. The number of rotatable bonds is 5. The standard InChI is InChI=1S/C25H18FN7O2/c1-2-21(34)29-15-7-14(10-27-11-15)17-8-18-20(9-19(17)26)32-33-23(18)25-30-22-16(13-4-6-35-12-13)3-5-28-24(22)31-25/h3-12H,2H2,1H3,(H,29,34)(H,32,33)(H,28,30,31). The van der Waals surface area contributed by atoms with Crippen LogP contribution in [0.25, 0.3) is 55.8 Å². The van der Waals surface area contributed by atoms with E-state index >= 15 is 4.39 Å². The first kappa shape index (κ1) is 20.7. The Morgan fingerprint density at radius 1 is 1.14 bits per heavy atom. The molecule has 0 spiro atoms. The molecule has 6 rings (SSSR count). The van der Waals surface area contributed by atoms with Crippen molar-refractivity contribution in [3.05, 3.63) is 67.3 Å². The van der Waals surface area contributed by atoms with E-state index in [1.807, 2.05) is 12.1 Å². The van der Waals surface area contributed by atoms with Crippen LogP contribution in [0.5, 0.6) is 0 Å². The molecule has 0 saturated carbocycles. The van der Waals surface area contributed by atoms with Gasteiger partial charge >= 0.3 is 0 Å². The predicted octanol–water partition coefficient (Wildman–Crippen LogP) is 5.31. The van der Waals surface area contributed by atoms with E-state index in [1.54, 1.807) is 44.0 Å². The molecule has 9 nitrogen and oxygen atoms in total. The summed E-state index contributed by atoms with van der Waals surface area (Å²) in [7, 11) is 0. The Morgan fingerprint density at radius 3 is 2.89 bits per heavy atom. The number of amides is 1. The monoisotopic (exact) mass is 467 g/mol. The van der Waals surface area contributed by atoms with Crippen LogP contribution in [0, 0.1) is 5.82 Å². The Balaban J connectivity index is 1.46. The van der Waals surface area contributed by atoms with Gasteiger partial charge in [0.15, 0.2) is 11.5 Å². The summed E-state index contributed by atoms with van der Waals surface area (Å²) in [6.07, 6.45) is 8.35. The number of pyridine rings is 2. The van der Waals surface area contributed by atoms with E-state index in [0.29, 0.717) is 56.8 Å². The van der Waals surface area contributed by atoms with Crippen molar-refractivity contribution in [2.24, 2.45) is 0 Å². The molecule has 1 amide bonds. The Morgan fingerprint density at radius 2 is 2.06 bits per heavy atom. The molecule has 3 N–H and O–H groups in total. The summed E-state index contributed by atoms with van der Waals surface area (Å²) >= 11 is 0. The number of carbonyl (C=O) groups excluding carboxylic acids is 1. The lowest BCUT2D eigenvalue weighted by molar-refractivity contribution is -0.115. The largest absolute Gasteiger partial charge is 0.472 e. The van der Waals surface area contributed by atoms with Gasteiger partial charge < -0.3 is 14.7 Å². The Bertz CT molecular complexity index is 1700. The molecule has 0 saturated heterocycles. The van der Waals surface area contributed by atoms with Gasteiger partial charge in [0.05, 0.1) is 29.9 Å². The number of hydrogen-bond donors (Lipinski definition) is 3. The minimum Gasteiger partial charge on any atom is -0.472 e. The Hall–Kier alpha value is -4.86. The van der Waals surface area contributed by atoms with Crippen LogP contribution in [-0.4, -0.2) is 36.0 Å². The van der Waals surface area contributed by atoms with E-state index in [0.717, 1.165) is 11.1 Å². The molecule has 0 fully saturated rings. The maximum Gasteiger partial charge on any atom is 0.224 e. The molecular weight excluding hydrogens is 449 g/mol. The fourth-order valence-corrected chi connectivity index (χ4v) is 4.02. The summed E-state index contributed by atoms with van der Waals surface area (Å²) in [5.41, 5.74) is 5.42. The highest BCUT2D eigenvalue weighted by Crippen LogP contribution is 2.34. The van der Waals surface area contributed by atoms with E-state index < -0.39 is 5.82 Å². The lowest BCUT2D eigenvalue weighted by Crippen LogP contribution is -2.09. The lowest BCUT2D eigenvalue weighted by Gasteiger charge is -2.08. The normalized spacial score (nSPS) is 11.4. The lowest BCUT2D eigenvalue weighted by atomic mass is 10.0. The zero-order valence-corrected chi connectivity index (χ0v) is 18.5. The molecule has 5 aromatic heterocycles. The van der Waals surface area contributed by atoms with Crippen molar-refractivity contribution in [1.29, 1.82) is 0 Å². The molecule has 35 heavy (non-hydrogen) atoms. The molecule has 1 aromatic carbocycles. The second-order valence-electron chi connectivity index (χ2n) is 7.97. The van der Waals surface area contributed by atoms with Gasteiger partial charge in [0.25, 0.3) is 0 Å². The topological polar surface area (TPSA) is 125 Å². The molecule has 172 valence electrons. The van der Waals surface area contributed by atoms with E-state index in [2.05, 4.69) is 30.5 Å². The van der Waals surface area contributed by atoms with Gasteiger partial charge in [0.2, 0.25) is 5.91 Å². The zero-order chi connectivity index (χ0) is 23.9. The number of hydrogen-bond acceptors (Lipinski definition) is 6. The molecule has 6 aromatic rings. The van der Waals surface area contributed by atoms with Crippen LogP contribution in [0.2, 0.25) is 0 Å². The van der Waals surface area contributed by atoms with Crippen molar-refractivity contribution in [2.75, 3.05) is 5.32 Å². The average Bonchev–Trinajstić information content (AvgIpc) is 3.62. The van der Waals surface area contributed by atoms with E-state index in [9.17, 15) is 4.79 Å². The van der Waals surface area contributed by atoms with Crippen molar-refractivity contribution in [3.63, 3.8) is 0 Å². The molecule has 5 heterocycles. The summed E-state index contributed by atoms with van der Waals surface area (Å²) in [5.74, 6) is -0.0957. The minimum atomic E-state index is -0.443. The molecule has 10 heteroatoms. The Labute approximate surface area is 197 Å². The fraction of sp³-hybridized carbons (Fsp3) is 0.0800. The number of benzene rings is 1. The highest BCUT2D eigenvalue weighted by Gasteiger charge is 2.18. The summed E-state index contributed by atoms with van der Waals surface area (Å²) in [6, 6.07) is 8.49. The summed E-state index contributed by atoms with van der Waals surface area (Å²) < 4.78 is 20.3. The number of nitrogens with zero attached hydrogens (tertiary/aromatic N) is 4. The number of H-pyrrole nitrogens is 2. The highest BCUT2D eigenvalue weighted by atomic mass is 19.1. The average molecular weight is 467 g/mol. The van der Waals surface area contributed by atoms with Crippen molar-refractivity contribution in [1.82, 2.24) is 30.1 Å². The first-order chi connectivity index (χ1) is 17.1. The van der Waals surface area contributed by atoms with Gasteiger partial charge in [-0.2, -0.15) is 5.10 Å². The number of imidazole rings is 1. The third kappa shape index (κ3) is 3.61. The summed E-state index contributed by atoms with van der Waals surface area (Å²) in [5, 5.41) is 10.7. The van der Waals surface area contributed by atoms with Gasteiger partial charge in [0, 0.05) is 52.5 Å². The second-order valence-corrected chi connectivity index (χ2v) is 7.97. The Kier molecular flexibility index (Phi) is 4.84. The van der Waals surface area contributed by atoms with E-state index in [1.165, 1.54) is 12.3 Å². The van der Waals surface area contributed by atoms with Crippen molar-refractivity contribution >= 4 is 33.7 Å². The number of furan rings is 1. The number of aromatic nitrogens is 6. The third-order valence-electron chi connectivity index (χ3n) is 5.75. The number of halogens is 1. The van der Waals surface area contributed by atoms with Crippen molar-refractivity contribution in [2.45, 2.75) is 13.3 Å². The van der Waals surface area contributed by atoms with Crippen LogP contribution >= 0.6 is 0 Å². The van der Waals surface area contributed by atoms with Gasteiger partial charge in [-0.15, -0.1) is 0 Å². The van der Waals surface area contributed by atoms with Gasteiger partial charge in [-0.25, -0.2) is 14.4 Å². The van der Waals surface area contributed by atoms with Crippen LogP contribution in [0.15, 0.2) is 65.9 Å². The molecule has 0 unspecified atom stereocenters. The van der Waals surface area contributed by atoms with Crippen LogP contribution < -0.4 is 5.32 Å². The highest BCUT2D eigenvalue weighted by molar-refractivity contribution is 5.98. The minimum absolute atomic E-state index is 0.148. The predicted molar refractivity (Wildman–Crippen MR) is 129 cm³/mol. The summed E-state index contributed by atoms with van der Waals surface area (Å²) in [6.45, 7) is 1.76. The fourth-order valence-electron chi connectivity index (χ4n) is 4.02. The molecule has 0 aliphatic rings. The second kappa shape index (κ2) is 8.17. The first-order valence-corrected chi connectivity index (χ1v) is 10.9. The van der Waals surface area contributed by atoms with Crippen LogP contribution in [0.4, 0.5) is 10.1 Å². The SMILES string of the molecule is CCC(=O)Nc1cncc(-c2cc3c(-c4nc5c(-c6ccoc6)ccnc5[nH]4)n[nH]c3cc2F)c1. The molecule has 0 radical (unpaired) electrons. The maximum atomic E-state index is 15.0. The quantitative estimate of drug-likeness (QED) is 0.315. The number of carbonyl (C=O) groups is 1. The molecular formula is C25H18FN7O2. The summed E-state index contributed by atoms with van der Waals surface area (Å²) in [4.78, 5) is 28.3.